The molecule has 1 aromatic rings. The summed E-state index contributed by atoms with van der Waals surface area (Å²) in [5, 5.41) is 5.90. The first kappa shape index (κ1) is 15.5. The van der Waals surface area contributed by atoms with E-state index in [1.54, 1.807) is 0 Å². The molecule has 1 aliphatic rings. The smallest absolute Gasteiger partial charge is 0.324 e. The van der Waals surface area contributed by atoms with Crippen molar-refractivity contribution < 1.29 is 9.59 Å². The Balaban J connectivity index is 1.93. The zero-order valence-electron chi connectivity index (χ0n) is 13.1. The van der Waals surface area contributed by atoms with E-state index in [1.165, 1.54) is 27.2 Å². The molecule has 21 heavy (non-hydrogen) atoms. The standard InChI is InChI=1S/C16H23N3O2/c1-10-7-12(3)14(8-11(10)2)13(4)17-5-6-19-15(20)9-18-16(19)21/h7-8,13,17H,5-6,9H2,1-4H3,(H,18,21)/t13-/m1/s1. The molecule has 114 valence electrons. The molecule has 0 bridgehead atoms. The minimum atomic E-state index is -0.295. The summed E-state index contributed by atoms with van der Waals surface area (Å²) < 4.78 is 0. The number of hydrogen-bond donors (Lipinski definition) is 2. The lowest BCUT2D eigenvalue weighted by Crippen LogP contribution is -2.37. The minimum absolute atomic E-state index is 0.116. The van der Waals surface area contributed by atoms with Gasteiger partial charge in [0.2, 0.25) is 5.91 Å². The van der Waals surface area contributed by atoms with Gasteiger partial charge in [0.1, 0.15) is 0 Å². The van der Waals surface area contributed by atoms with Crippen LogP contribution < -0.4 is 10.6 Å². The van der Waals surface area contributed by atoms with Crippen molar-refractivity contribution >= 4 is 11.9 Å². The average Bonchev–Trinajstić information content (AvgIpc) is 2.74. The SMILES string of the molecule is Cc1cc(C)c([C@@H](C)NCCN2C(=O)CNC2=O)cc1C. The van der Waals surface area contributed by atoms with E-state index in [0.29, 0.717) is 13.1 Å². The van der Waals surface area contributed by atoms with Crippen LogP contribution in [0, 0.1) is 20.8 Å². The number of carbonyl (C=O) groups is 2. The van der Waals surface area contributed by atoms with Gasteiger partial charge in [-0.2, -0.15) is 0 Å². The number of amides is 3. The summed E-state index contributed by atoms with van der Waals surface area (Å²) in [6.07, 6.45) is 0. The number of carbonyl (C=O) groups excluding carboxylic acids is 2. The van der Waals surface area contributed by atoms with Crippen LogP contribution in [-0.2, 0) is 4.79 Å². The van der Waals surface area contributed by atoms with Crippen LogP contribution in [0.2, 0.25) is 0 Å². The molecule has 0 radical (unpaired) electrons. The number of rotatable bonds is 5. The molecule has 1 saturated heterocycles. The Morgan fingerprint density at radius 1 is 1.19 bits per heavy atom. The molecule has 3 amide bonds. The minimum Gasteiger partial charge on any atom is -0.329 e. The molecule has 0 spiro atoms. The fourth-order valence-corrected chi connectivity index (χ4v) is 2.63. The van der Waals surface area contributed by atoms with E-state index in [9.17, 15) is 9.59 Å². The zero-order chi connectivity index (χ0) is 15.6. The number of nitrogens with one attached hydrogen (secondary N) is 2. The fourth-order valence-electron chi connectivity index (χ4n) is 2.63. The topological polar surface area (TPSA) is 61.4 Å². The normalized spacial score (nSPS) is 16.3. The molecule has 1 atom stereocenters. The third kappa shape index (κ3) is 3.42. The summed E-state index contributed by atoms with van der Waals surface area (Å²) in [7, 11) is 0. The van der Waals surface area contributed by atoms with E-state index < -0.39 is 0 Å². The highest BCUT2D eigenvalue weighted by Crippen LogP contribution is 2.21. The summed E-state index contributed by atoms with van der Waals surface area (Å²) >= 11 is 0. The van der Waals surface area contributed by atoms with Crippen LogP contribution >= 0.6 is 0 Å². The molecule has 5 nitrogen and oxygen atoms in total. The quantitative estimate of drug-likeness (QED) is 0.813. The molecule has 0 aliphatic carbocycles. The summed E-state index contributed by atoms with van der Waals surface area (Å²) in [6, 6.07) is 4.29. The number of benzene rings is 1. The van der Waals surface area contributed by atoms with E-state index in [4.69, 9.17) is 0 Å². The number of hydrogen-bond acceptors (Lipinski definition) is 3. The summed E-state index contributed by atoms with van der Waals surface area (Å²) in [5.74, 6) is -0.156. The maximum absolute atomic E-state index is 11.5. The number of urea groups is 1. The number of aryl methyl sites for hydroxylation is 3. The molecule has 1 fully saturated rings. The van der Waals surface area contributed by atoms with E-state index in [0.717, 1.165) is 0 Å². The Labute approximate surface area is 125 Å². The Morgan fingerprint density at radius 3 is 2.48 bits per heavy atom. The highest BCUT2D eigenvalue weighted by Gasteiger charge is 2.27. The third-order valence-electron chi connectivity index (χ3n) is 4.07. The van der Waals surface area contributed by atoms with Crippen molar-refractivity contribution in [3.8, 4) is 0 Å². The van der Waals surface area contributed by atoms with E-state index in [2.05, 4.69) is 50.5 Å². The van der Waals surface area contributed by atoms with E-state index >= 15 is 0 Å². The lowest BCUT2D eigenvalue weighted by Gasteiger charge is -2.20. The molecule has 1 aromatic carbocycles. The van der Waals surface area contributed by atoms with Crippen molar-refractivity contribution in [2.75, 3.05) is 19.6 Å². The molecular formula is C16H23N3O2. The van der Waals surface area contributed by atoms with Crippen molar-refractivity contribution in [2.24, 2.45) is 0 Å². The van der Waals surface area contributed by atoms with Crippen LogP contribution in [-0.4, -0.2) is 36.5 Å². The van der Waals surface area contributed by atoms with Crippen LogP contribution in [0.3, 0.4) is 0 Å². The van der Waals surface area contributed by atoms with Crippen molar-refractivity contribution in [3.05, 3.63) is 34.4 Å². The first-order valence-electron chi connectivity index (χ1n) is 7.29. The highest BCUT2D eigenvalue weighted by molar-refractivity contribution is 6.01. The van der Waals surface area contributed by atoms with Crippen molar-refractivity contribution in [1.29, 1.82) is 0 Å². The Hall–Kier alpha value is -1.88. The van der Waals surface area contributed by atoms with Crippen LogP contribution in [0.4, 0.5) is 4.79 Å². The molecule has 1 heterocycles. The second-order valence-corrected chi connectivity index (χ2v) is 5.67. The van der Waals surface area contributed by atoms with Crippen LogP contribution in [0.5, 0.6) is 0 Å². The summed E-state index contributed by atoms with van der Waals surface area (Å²) in [5.41, 5.74) is 5.09. The number of nitrogens with zero attached hydrogens (tertiary/aromatic N) is 1. The molecule has 5 heteroatoms. The van der Waals surface area contributed by atoms with Crippen LogP contribution in [0.1, 0.15) is 35.2 Å². The Morgan fingerprint density at radius 2 is 1.86 bits per heavy atom. The molecule has 0 saturated carbocycles. The van der Waals surface area contributed by atoms with Gasteiger partial charge in [0.25, 0.3) is 0 Å². The first-order chi connectivity index (χ1) is 9.90. The van der Waals surface area contributed by atoms with Gasteiger partial charge in [0, 0.05) is 19.1 Å². The van der Waals surface area contributed by atoms with Crippen molar-refractivity contribution in [2.45, 2.75) is 33.7 Å². The molecule has 0 aromatic heterocycles. The lowest BCUT2D eigenvalue weighted by atomic mass is 9.96. The third-order valence-corrected chi connectivity index (χ3v) is 4.07. The van der Waals surface area contributed by atoms with E-state index in [-0.39, 0.29) is 24.5 Å². The van der Waals surface area contributed by atoms with Gasteiger partial charge in [-0.05, 0) is 49.9 Å². The number of imide groups is 1. The second-order valence-electron chi connectivity index (χ2n) is 5.67. The highest BCUT2D eigenvalue weighted by atomic mass is 16.2. The van der Waals surface area contributed by atoms with Gasteiger partial charge in [0.15, 0.2) is 0 Å². The largest absolute Gasteiger partial charge is 0.329 e. The molecule has 0 unspecified atom stereocenters. The van der Waals surface area contributed by atoms with Gasteiger partial charge < -0.3 is 10.6 Å². The first-order valence-corrected chi connectivity index (χ1v) is 7.29. The summed E-state index contributed by atoms with van der Waals surface area (Å²) in [6.45, 7) is 9.54. The molecule has 2 rings (SSSR count). The lowest BCUT2D eigenvalue weighted by molar-refractivity contribution is -0.124. The van der Waals surface area contributed by atoms with Gasteiger partial charge in [0.05, 0.1) is 6.54 Å². The van der Waals surface area contributed by atoms with Gasteiger partial charge in [-0.15, -0.1) is 0 Å². The Bertz CT molecular complexity index is 553. The Kier molecular flexibility index (Phi) is 4.63. The fraction of sp³-hybridized carbons (Fsp3) is 0.500. The van der Waals surface area contributed by atoms with Gasteiger partial charge >= 0.3 is 6.03 Å². The predicted octanol–water partition coefficient (Wildman–Crippen LogP) is 1.81. The maximum atomic E-state index is 11.5. The zero-order valence-corrected chi connectivity index (χ0v) is 13.1. The van der Waals surface area contributed by atoms with Crippen molar-refractivity contribution in [3.63, 3.8) is 0 Å². The van der Waals surface area contributed by atoms with Crippen LogP contribution in [0.15, 0.2) is 12.1 Å². The van der Waals surface area contributed by atoms with Crippen molar-refractivity contribution in [1.82, 2.24) is 15.5 Å². The second kappa shape index (κ2) is 6.26. The van der Waals surface area contributed by atoms with E-state index in [1.807, 2.05) is 0 Å². The molecular weight excluding hydrogens is 266 g/mol. The molecule has 2 N–H and O–H groups in total. The average molecular weight is 289 g/mol. The maximum Gasteiger partial charge on any atom is 0.324 e. The molecule has 1 aliphatic heterocycles. The van der Waals surface area contributed by atoms with Gasteiger partial charge in [-0.3, -0.25) is 9.69 Å². The van der Waals surface area contributed by atoms with Gasteiger partial charge in [-0.25, -0.2) is 4.79 Å². The van der Waals surface area contributed by atoms with Crippen LogP contribution in [0.25, 0.3) is 0 Å². The predicted molar refractivity (Wildman–Crippen MR) is 82.2 cm³/mol. The monoisotopic (exact) mass is 289 g/mol. The summed E-state index contributed by atoms with van der Waals surface area (Å²) in [4.78, 5) is 24.2. The van der Waals surface area contributed by atoms with Gasteiger partial charge in [-0.1, -0.05) is 12.1 Å².